The zero-order chi connectivity index (χ0) is 20.8. The molecule has 1 aliphatic heterocycles. The Kier molecular flexibility index (Phi) is 4.20. The highest BCUT2D eigenvalue weighted by atomic mass is 19.1. The molecule has 1 atom stereocenters. The van der Waals surface area contributed by atoms with Crippen molar-refractivity contribution in [3.05, 3.63) is 82.8 Å². The summed E-state index contributed by atoms with van der Waals surface area (Å²) in [6.07, 6.45) is 3.57. The van der Waals surface area contributed by atoms with Gasteiger partial charge in [0.15, 0.2) is 5.65 Å². The maximum Gasteiger partial charge on any atom is 0.264 e. The predicted molar refractivity (Wildman–Crippen MR) is 110 cm³/mol. The molecule has 0 N–H and O–H groups in total. The van der Waals surface area contributed by atoms with Gasteiger partial charge in [-0.3, -0.25) is 14.2 Å². The smallest absolute Gasteiger partial charge is 0.264 e. The van der Waals surface area contributed by atoms with E-state index in [0.29, 0.717) is 16.7 Å². The van der Waals surface area contributed by atoms with Crippen LogP contribution < -0.4 is 10.5 Å². The molecule has 0 saturated heterocycles. The summed E-state index contributed by atoms with van der Waals surface area (Å²) in [6, 6.07) is 13.6. The minimum atomic E-state index is -0.359. The second-order valence-electron chi connectivity index (χ2n) is 7.39. The number of fused-ring (bicyclic) bond motifs is 2. The first-order valence-corrected chi connectivity index (χ1v) is 9.62. The largest absolute Gasteiger partial charge is 0.307 e. The number of hydrogen-bond acceptors (Lipinski definition) is 4. The summed E-state index contributed by atoms with van der Waals surface area (Å²) < 4.78 is 16.0. The summed E-state index contributed by atoms with van der Waals surface area (Å²) in [4.78, 5) is 32.0. The Bertz CT molecular complexity index is 1330. The molecule has 0 fully saturated rings. The summed E-state index contributed by atoms with van der Waals surface area (Å²) >= 11 is 0. The molecule has 5 rings (SSSR count). The van der Waals surface area contributed by atoms with Gasteiger partial charge in [0.2, 0.25) is 5.91 Å². The van der Waals surface area contributed by atoms with E-state index in [0.717, 1.165) is 17.7 Å². The number of anilines is 1. The molecule has 0 bridgehead atoms. The minimum Gasteiger partial charge on any atom is -0.307 e. The summed E-state index contributed by atoms with van der Waals surface area (Å²) in [6.45, 7) is 1.89. The van der Waals surface area contributed by atoms with Gasteiger partial charge in [-0.25, -0.2) is 14.1 Å². The third-order valence-corrected chi connectivity index (χ3v) is 5.41. The average molecular weight is 403 g/mol. The van der Waals surface area contributed by atoms with Crippen LogP contribution in [0.5, 0.6) is 0 Å². The first kappa shape index (κ1) is 18.2. The second-order valence-corrected chi connectivity index (χ2v) is 7.39. The molecular weight excluding hydrogens is 385 g/mol. The lowest BCUT2D eigenvalue weighted by atomic mass is 10.1. The molecule has 0 aliphatic carbocycles. The van der Waals surface area contributed by atoms with E-state index in [2.05, 4.69) is 10.1 Å². The van der Waals surface area contributed by atoms with Crippen LogP contribution in [0.25, 0.3) is 16.7 Å². The van der Waals surface area contributed by atoms with Gasteiger partial charge in [-0.05, 0) is 49.2 Å². The third-order valence-electron chi connectivity index (χ3n) is 5.41. The number of amides is 1. The number of nitrogens with zero attached hydrogens (tertiary/aromatic N) is 5. The van der Waals surface area contributed by atoms with Crippen molar-refractivity contribution in [2.75, 3.05) is 4.90 Å². The number of hydrogen-bond donors (Lipinski definition) is 0. The Balaban J connectivity index is 1.47. The first-order valence-electron chi connectivity index (χ1n) is 9.62. The van der Waals surface area contributed by atoms with Crippen LogP contribution in [0.4, 0.5) is 10.1 Å². The van der Waals surface area contributed by atoms with Gasteiger partial charge in [-0.1, -0.05) is 18.2 Å². The molecular formula is C22H18FN5O2. The second kappa shape index (κ2) is 6.91. The Morgan fingerprint density at radius 1 is 1.17 bits per heavy atom. The van der Waals surface area contributed by atoms with Crippen LogP contribution in [-0.2, 0) is 17.8 Å². The number of para-hydroxylation sites is 1. The fourth-order valence-electron chi connectivity index (χ4n) is 4.00. The van der Waals surface area contributed by atoms with E-state index in [1.165, 1.54) is 33.9 Å². The molecule has 1 aliphatic rings. The number of rotatable bonds is 3. The molecule has 30 heavy (non-hydrogen) atoms. The molecule has 2 aromatic heterocycles. The van der Waals surface area contributed by atoms with Gasteiger partial charge in [-0.2, -0.15) is 5.10 Å². The highest BCUT2D eigenvalue weighted by molar-refractivity contribution is 5.96. The van der Waals surface area contributed by atoms with Gasteiger partial charge < -0.3 is 4.90 Å². The van der Waals surface area contributed by atoms with Crippen molar-refractivity contribution in [1.82, 2.24) is 19.3 Å². The van der Waals surface area contributed by atoms with Crippen LogP contribution in [0.15, 0.2) is 65.8 Å². The molecule has 0 radical (unpaired) electrons. The molecule has 0 saturated carbocycles. The summed E-state index contributed by atoms with van der Waals surface area (Å²) in [5.74, 6) is -0.525. The van der Waals surface area contributed by atoms with Crippen molar-refractivity contribution in [1.29, 1.82) is 0 Å². The van der Waals surface area contributed by atoms with Crippen molar-refractivity contribution in [2.24, 2.45) is 0 Å². The van der Waals surface area contributed by atoms with Crippen LogP contribution in [0, 0.1) is 5.82 Å². The lowest BCUT2D eigenvalue weighted by Gasteiger charge is -2.23. The van der Waals surface area contributed by atoms with Crippen LogP contribution in [0.1, 0.15) is 12.5 Å². The molecule has 8 heteroatoms. The minimum absolute atomic E-state index is 0.0310. The maximum atomic E-state index is 13.2. The molecule has 7 nitrogen and oxygen atoms in total. The van der Waals surface area contributed by atoms with Crippen LogP contribution in [-0.4, -0.2) is 31.3 Å². The fraction of sp³-hybridized carbons (Fsp3) is 0.182. The first-order chi connectivity index (χ1) is 14.5. The Labute approximate surface area is 171 Å². The van der Waals surface area contributed by atoms with E-state index >= 15 is 0 Å². The van der Waals surface area contributed by atoms with E-state index in [1.54, 1.807) is 17.0 Å². The fourth-order valence-corrected chi connectivity index (χ4v) is 4.00. The highest BCUT2D eigenvalue weighted by Gasteiger charge is 2.30. The third kappa shape index (κ3) is 2.88. The molecule has 0 spiro atoms. The number of carbonyl (C=O) groups excluding carboxylic acids is 1. The van der Waals surface area contributed by atoms with Crippen LogP contribution >= 0.6 is 0 Å². The Morgan fingerprint density at radius 2 is 1.93 bits per heavy atom. The average Bonchev–Trinajstić information content (AvgIpc) is 3.31. The van der Waals surface area contributed by atoms with Crippen molar-refractivity contribution in [2.45, 2.75) is 25.9 Å². The van der Waals surface area contributed by atoms with Crippen molar-refractivity contribution in [3.63, 3.8) is 0 Å². The standard InChI is InChI=1S/C22H18FN5O2/c1-14-10-15-4-2-3-5-19(15)27(14)20(29)12-26-13-24-21-18(22(26)30)11-25-28(21)17-8-6-16(23)7-9-17/h2-9,11,13-14H,10,12H2,1H3/t14-/m0/s1. The highest BCUT2D eigenvalue weighted by Crippen LogP contribution is 2.31. The topological polar surface area (TPSA) is 73.0 Å². The summed E-state index contributed by atoms with van der Waals surface area (Å²) in [5.41, 5.74) is 2.62. The van der Waals surface area contributed by atoms with Gasteiger partial charge >= 0.3 is 0 Å². The zero-order valence-electron chi connectivity index (χ0n) is 16.2. The quantitative estimate of drug-likeness (QED) is 0.527. The number of halogens is 1. The molecule has 2 aromatic carbocycles. The van der Waals surface area contributed by atoms with Crippen LogP contribution in [0.2, 0.25) is 0 Å². The SMILES string of the molecule is C[C@H]1Cc2ccccc2N1C(=O)Cn1cnc2c(cnn2-c2ccc(F)cc2)c1=O. The van der Waals surface area contributed by atoms with Crippen molar-refractivity contribution < 1.29 is 9.18 Å². The predicted octanol–water partition coefficient (Wildman–Crippen LogP) is 2.70. The summed E-state index contributed by atoms with van der Waals surface area (Å²) in [7, 11) is 0. The maximum absolute atomic E-state index is 13.2. The van der Waals surface area contributed by atoms with Crippen molar-refractivity contribution >= 4 is 22.6 Å². The normalized spacial score (nSPS) is 15.5. The number of carbonyl (C=O) groups is 1. The molecule has 3 heterocycles. The van der Waals surface area contributed by atoms with Gasteiger partial charge in [-0.15, -0.1) is 0 Å². The van der Waals surface area contributed by atoms with E-state index in [9.17, 15) is 14.0 Å². The number of benzene rings is 2. The van der Waals surface area contributed by atoms with Gasteiger partial charge in [0, 0.05) is 11.7 Å². The van der Waals surface area contributed by atoms with E-state index < -0.39 is 0 Å². The van der Waals surface area contributed by atoms with E-state index in [-0.39, 0.29) is 29.9 Å². The van der Waals surface area contributed by atoms with E-state index in [1.807, 2.05) is 31.2 Å². The lowest BCUT2D eigenvalue weighted by Crippen LogP contribution is -2.40. The van der Waals surface area contributed by atoms with E-state index in [4.69, 9.17) is 0 Å². The molecule has 4 aromatic rings. The van der Waals surface area contributed by atoms with Crippen molar-refractivity contribution in [3.8, 4) is 5.69 Å². The molecule has 150 valence electrons. The Morgan fingerprint density at radius 3 is 2.73 bits per heavy atom. The zero-order valence-corrected chi connectivity index (χ0v) is 16.2. The summed E-state index contributed by atoms with van der Waals surface area (Å²) in [5, 5.41) is 4.51. The number of aromatic nitrogens is 4. The van der Waals surface area contributed by atoms with Crippen LogP contribution in [0.3, 0.4) is 0 Å². The van der Waals surface area contributed by atoms with Gasteiger partial charge in [0.05, 0.1) is 11.9 Å². The lowest BCUT2D eigenvalue weighted by molar-refractivity contribution is -0.119. The molecule has 1 amide bonds. The monoisotopic (exact) mass is 403 g/mol. The Hall–Kier alpha value is -3.81. The van der Waals surface area contributed by atoms with Gasteiger partial charge in [0.25, 0.3) is 5.56 Å². The van der Waals surface area contributed by atoms with Gasteiger partial charge in [0.1, 0.15) is 24.1 Å². The molecule has 0 unspecified atom stereocenters.